The molecule has 0 saturated carbocycles. The first-order valence-electron chi connectivity index (χ1n) is 7.69. The summed E-state index contributed by atoms with van der Waals surface area (Å²) in [4.78, 5) is 27.6. The highest BCUT2D eigenvalue weighted by atomic mass is 16.1. The van der Waals surface area contributed by atoms with E-state index >= 15 is 0 Å². The number of aryl methyl sites for hydroxylation is 2. The van der Waals surface area contributed by atoms with E-state index in [9.17, 15) is 4.79 Å². The third kappa shape index (κ3) is 14.3. The lowest BCUT2D eigenvalue weighted by molar-refractivity contribution is -0.120. The van der Waals surface area contributed by atoms with Crippen molar-refractivity contribution in [3.63, 3.8) is 0 Å². The first-order chi connectivity index (χ1) is 11.1. The Bertz CT molecular complexity index is 408. The van der Waals surface area contributed by atoms with Crippen molar-refractivity contribution in [1.29, 1.82) is 0 Å². The molecule has 1 aromatic rings. The molecule has 0 heterocycles. The molecule has 5 N–H and O–H groups in total. The molecule has 0 aliphatic heterocycles. The lowest BCUT2D eigenvalue weighted by Gasteiger charge is -1.94. The second-order valence-corrected chi connectivity index (χ2v) is 4.67. The molecule has 0 unspecified atom stereocenters. The minimum atomic E-state index is 0.145. The standard InChI is InChI=1S/C9H10.C6H13NO.2CH3NO/c1-2-5-9-7-3-6-8(9)4-1;1-3-4-5-6(8)7-2;2*2-1-3/h1-2,4-5H,3,6-7H2;3-5H2,1-2H3,(H,7,8);2*1H,(H2,2,3). The van der Waals surface area contributed by atoms with Crippen molar-refractivity contribution in [2.45, 2.75) is 45.4 Å². The molecule has 0 radical (unpaired) electrons. The molecule has 0 aromatic heterocycles. The van der Waals surface area contributed by atoms with E-state index in [-0.39, 0.29) is 18.7 Å². The lowest BCUT2D eigenvalue weighted by atomic mass is 10.1. The number of hydrogen-bond donors (Lipinski definition) is 3. The van der Waals surface area contributed by atoms with Crippen LogP contribution >= 0.6 is 0 Å². The number of amides is 3. The van der Waals surface area contributed by atoms with Gasteiger partial charge in [-0.2, -0.15) is 0 Å². The molecule has 0 saturated heterocycles. The summed E-state index contributed by atoms with van der Waals surface area (Å²) < 4.78 is 0. The van der Waals surface area contributed by atoms with Crippen molar-refractivity contribution in [2.24, 2.45) is 11.5 Å². The van der Waals surface area contributed by atoms with Crippen LogP contribution in [0.3, 0.4) is 0 Å². The zero-order valence-electron chi connectivity index (χ0n) is 14.1. The van der Waals surface area contributed by atoms with Gasteiger partial charge < -0.3 is 16.8 Å². The first-order valence-corrected chi connectivity index (χ1v) is 7.69. The zero-order chi connectivity index (χ0) is 17.9. The number of benzene rings is 1. The van der Waals surface area contributed by atoms with E-state index in [0.29, 0.717) is 6.42 Å². The summed E-state index contributed by atoms with van der Waals surface area (Å²) in [5.41, 5.74) is 11.5. The van der Waals surface area contributed by atoms with E-state index in [1.54, 1.807) is 18.2 Å². The van der Waals surface area contributed by atoms with Crippen LogP contribution in [0.4, 0.5) is 0 Å². The van der Waals surface area contributed by atoms with Gasteiger partial charge in [0.25, 0.3) is 0 Å². The molecule has 130 valence electrons. The van der Waals surface area contributed by atoms with Gasteiger partial charge >= 0.3 is 0 Å². The number of nitrogens with one attached hydrogen (secondary N) is 1. The third-order valence-corrected chi connectivity index (χ3v) is 3.05. The smallest absolute Gasteiger partial charge is 0.219 e. The highest BCUT2D eigenvalue weighted by molar-refractivity contribution is 5.75. The van der Waals surface area contributed by atoms with Crippen LogP contribution in [0.1, 0.15) is 43.7 Å². The van der Waals surface area contributed by atoms with Crippen molar-refractivity contribution in [2.75, 3.05) is 7.05 Å². The molecule has 1 aromatic carbocycles. The molecule has 6 nitrogen and oxygen atoms in total. The Morgan fingerprint density at radius 1 is 1.13 bits per heavy atom. The van der Waals surface area contributed by atoms with Gasteiger partial charge in [-0.05, 0) is 36.8 Å². The fourth-order valence-corrected chi connectivity index (χ4v) is 1.98. The van der Waals surface area contributed by atoms with Crippen LogP contribution in [0.25, 0.3) is 0 Å². The Hall–Kier alpha value is -2.37. The molecule has 0 spiro atoms. The van der Waals surface area contributed by atoms with E-state index < -0.39 is 0 Å². The summed E-state index contributed by atoms with van der Waals surface area (Å²) in [5, 5.41) is 2.56. The summed E-state index contributed by atoms with van der Waals surface area (Å²) in [6, 6.07) is 8.74. The summed E-state index contributed by atoms with van der Waals surface area (Å²) in [6.07, 6.45) is 7.23. The van der Waals surface area contributed by atoms with E-state index in [2.05, 4.69) is 48.0 Å². The Morgan fingerprint density at radius 2 is 1.57 bits per heavy atom. The van der Waals surface area contributed by atoms with E-state index in [0.717, 1.165) is 12.8 Å². The predicted octanol–water partition coefficient (Wildman–Crippen LogP) is 1.30. The number of carbonyl (C=O) groups is 3. The van der Waals surface area contributed by atoms with Crippen molar-refractivity contribution in [3.8, 4) is 0 Å². The minimum absolute atomic E-state index is 0.145. The maximum atomic E-state index is 10.5. The molecule has 1 aliphatic rings. The molecule has 0 atom stereocenters. The average molecular weight is 323 g/mol. The number of fused-ring (bicyclic) bond motifs is 1. The van der Waals surface area contributed by atoms with Crippen LogP contribution in [-0.4, -0.2) is 25.8 Å². The van der Waals surface area contributed by atoms with Crippen molar-refractivity contribution >= 4 is 18.7 Å². The Labute approximate surface area is 138 Å². The molecule has 2 rings (SSSR count). The van der Waals surface area contributed by atoms with Gasteiger partial charge in [-0.3, -0.25) is 14.4 Å². The lowest BCUT2D eigenvalue weighted by Crippen LogP contribution is -2.16. The number of unbranched alkanes of at least 4 members (excludes halogenated alkanes) is 1. The van der Waals surface area contributed by atoms with Crippen LogP contribution in [0, 0.1) is 0 Å². The van der Waals surface area contributed by atoms with Gasteiger partial charge in [0, 0.05) is 13.5 Å². The van der Waals surface area contributed by atoms with Gasteiger partial charge in [-0.25, -0.2) is 0 Å². The Balaban J connectivity index is 0. The molecular weight excluding hydrogens is 294 g/mol. The number of nitrogens with two attached hydrogens (primary N) is 2. The maximum Gasteiger partial charge on any atom is 0.219 e. The monoisotopic (exact) mass is 323 g/mol. The van der Waals surface area contributed by atoms with Gasteiger partial charge in [-0.1, -0.05) is 37.6 Å². The highest BCUT2D eigenvalue weighted by Gasteiger charge is 2.07. The first kappa shape index (κ1) is 22.9. The topological polar surface area (TPSA) is 115 Å². The van der Waals surface area contributed by atoms with E-state index in [1.165, 1.54) is 19.3 Å². The van der Waals surface area contributed by atoms with Gasteiger partial charge in [0.15, 0.2) is 0 Å². The van der Waals surface area contributed by atoms with Crippen molar-refractivity contribution in [1.82, 2.24) is 5.32 Å². The summed E-state index contributed by atoms with van der Waals surface area (Å²) >= 11 is 0. The Kier molecular flexibility index (Phi) is 17.6. The van der Waals surface area contributed by atoms with Crippen LogP contribution in [0.2, 0.25) is 0 Å². The van der Waals surface area contributed by atoms with Crippen LogP contribution in [0.15, 0.2) is 24.3 Å². The minimum Gasteiger partial charge on any atom is -0.372 e. The highest BCUT2D eigenvalue weighted by Crippen LogP contribution is 2.20. The van der Waals surface area contributed by atoms with Gasteiger partial charge in [0.05, 0.1) is 0 Å². The molecular formula is C17H29N3O3. The maximum absolute atomic E-state index is 10.5. The number of rotatable bonds is 3. The second kappa shape index (κ2) is 17.7. The summed E-state index contributed by atoms with van der Waals surface area (Å²) in [6.45, 7) is 2.07. The van der Waals surface area contributed by atoms with Crippen LogP contribution in [-0.2, 0) is 27.2 Å². The van der Waals surface area contributed by atoms with Crippen LogP contribution < -0.4 is 16.8 Å². The normalized spacial score (nSPS) is 10.2. The SMILES string of the molecule is CCCCC(=O)NC.NC=O.NC=O.c1ccc2c(c1)CCC2. The molecule has 3 amide bonds. The molecule has 6 heteroatoms. The van der Waals surface area contributed by atoms with Crippen LogP contribution in [0.5, 0.6) is 0 Å². The largest absolute Gasteiger partial charge is 0.372 e. The van der Waals surface area contributed by atoms with Crippen molar-refractivity contribution in [3.05, 3.63) is 35.4 Å². The van der Waals surface area contributed by atoms with Gasteiger partial charge in [0.2, 0.25) is 18.7 Å². The fraction of sp³-hybridized carbons (Fsp3) is 0.471. The number of carbonyl (C=O) groups excluding carboxylic acids is 3. The summed E-state index contributed by atoms with van der Waals surface area (Å²) in [7, 11) is 1.66. The zero-order valence-corrected chi connectivity index (χ0v) is 14.1. The van der Waals surface area contributed by atoms with Gasteiger partial charge in [-0.15, -0.1) is 0 Å². The second-order valence-electron chi connectivity index (χ2n) is 4.67. The molecule has 0 fully saturated rings. The fourth-order valence-electron chi connectivity index (χ4n) is 1.98. The van der Waals surface area contributed by atoms with Gasteiger partial charge in [0.1, 0.15) is 0 Å². The predicted molar refractivity (Wildman–Crippen MR) is 92.6 cm³/mol. The Morgan fingerprint density at radius 3 is 1.91 bits per heavy atom. The van der Waals surface area contributed by atoms with Crippen molar-refractivity contribution < 1.29 is 14.4 Å². The number of hydrogen-bond acceptors (Lipinski definition) is 3. The van der Waals surface area contributed by atoms with E-state index in [1.807, 2.05) is 0 Å². The van der Waals surface area contributed by atoms with E-state index in [4.69, 9.17) is 9.59 Å². The number of primary amides is 2. The summed E-state index contributed by atoms with van der Waals surface area (Å²) in [5.74, 6) is 0.145. The quantitative estimate of drug-likeness (QED) is 0.728. The average Bonchev–Trinajstić information content (AvgIpc) is 3.03. The molecule has 1 aliphatic carbocycles. The molecule has 0 bridgehead atoms. The third-order valence-electron chi connectivity index (χ3n) is 3.05. The molecule has 23 heavy (non-hydrogen) atoms.